The second-order valence-electron chi connectivity index (χ2n) is 28.2. The van der Waals surface area contributed by atoms with Crippen LogP contribution in [0.25, 0.3) is 0 Å². The van der Waals surface area contributed by atoms with Crippen molar-refractivity contribution in [2.45, 2.75) is 383 Å². The van der Waals surface area contributed by atoms with E-state index in [4.69, 9.17) is 18.9 Å². The summed E-state index contributed by atoms with van der Waals surface area (Å²) in [5.41, 5.74) is 0. The molecule has 12 unspecified atom stereocenters. The molecule has 0 bridgehead atoms. The summed E-state index contributed by atoms with van der Waals surface area (Å²) in [4.78, 5) is 13.4. The maximum atomic E-state index is 13.4. The lowest BCUT2D eigenvalue weighted by molar-refractivity contribution is -0.359. The zero-order chi connectivity index (χ0) is 73.7. The normalized spacial score (nSPS) is 22.5. The van der Waals surface area contributed by atoms with Crippen LogP contribution in [0.3, 0.4) is 0 Å². The van der Waals surface area contributed by atoms with E-state index in [1.54, 1.807) is 6.08 Å². The summed E-state index contributed by atoms with van der Waals surface area (Å²) in [6, 6.07) is -0.939. The molecule has 0 aromatic rings. The Bertz CT molecular complexity index is 2280. The van der Waals surface area contributed by atoms with Gasteiger partial charge in [-0.25, -0.2) is 0 Å². The molecule has 584 valence electrons. The van der Waals surface area contributed by atoms with E-state index in [1.807, 2.05) is 6.08 Å². The van der Waals surface area contributed by atoms with E-state index in [0.717, 1.165) is 122 Å². The lowest BCUT2D eigenvalue weighted by Crippen LogP contribution is -2.65. The van der Waals surface area contributed by atoms with Gasteiger partial charge in [-0.15, -0.1) is 0 Å². The SMILES string of the molecule is CC/C=C\C/C=C\C/C=C\C/C=C\C/C=C\C/C=C\C/C=C\C/C=C\C/C=C\C/C=C\C/C=C\CCCCCCCC(=O)NC(COC1OC(CO)C(OC2OC(CO)C(O)C(O)C2O)C(O)C1O)C(O)/C=C/CCCCCCCCCCCCCCCCCCCCCCCCCCCCC. The van der Waals surface area contributed by atoms with Crippen LogP contribution >= 0.6 is 0 Å². The summed E-state index contributed by atoms with van der Waals surface area (Å²) in [6.45, 7) is 2.70. The number of aliphatic hydroxyl groups excluding tert-OH is 8. The van der Waals surface area contributed by atoms with E-state index >= 15 is 0 Å². The predicted molar refractivity (Wildman–Crippen MR) is 424 cm³/mol. The first-order chi connectivity index (χ1) is 50.1. The second kappa shape index (κ2) is 69.9. The third kappa shape index (κ3) is 52.0. The van der Waals surface area contributed by atoms with Crippen LogP contribution < -0.4 is 5.32 Å². The van der Waals surface area contributed by atoms with Crippen molar-refractivity contribution in [1.29, 1.82) is 0 Å². The number of carbonyl (C=O) groups is 1. The van der Waals surface area contributed by atoms with E-state index < -0.39 is 86.8 Å². The average molecular weight is 1430 g/mol. The number of aliphatic hydroxyl groups is 8. The highest BCUT2D eigenvalue weighted by Gasteiger charge is 2.51. The molecule has 14 heteroatoms. The summed E-state index contributed by atoms with van der Waals surface area (Å²) in [5.74, 6) is -0.260. The van der Waals surface area contributed by atoms with E-state index in [9.17, 15) is 45.6 Å². The number of amides is 1. The molecule has 2 rings (SSSR count). The van der Waals surface area contributed by atoms with Gasteiger partial charge in [0, 0.05) is 6.42 Å². The first-order valence-corrected chi connectivity index (χ1v) is 41.1. The molecule has 2 aliphatic rings. The Morgan fingerprint density at radius 2 is 0.676 bits per heavy atom. The minimum atomic E-state index is -1.80. The molecular formula is C88H149NO13. The zero-order valence-corrected chi connectivity index (χ0v) is 64.1. The lowest BCUT2D eigenvalue weighted by Gasteiger charge is -2.46. The molecule has 2 fully saturated rings. The summed E-state index contributed by atoms with van der Waals surface area (Å²) < 4.78 is 22.9. The number of allylic oxidation sites excluding steroid dienone is 23. The van der Waals surface area contributed by atoms with Crippen molar-refractivity contribution >= 4 is 5.91 Å². The van der Waals surface area contributed by atoms with Crippen molar-refractivity contribution in [3.05, 3.63) is 146 Å². The van der Waals surface area contributed by atoms with Crippen molar-refractivity contribution in [3.8, 4) is 0 Å². The summed E-state index contributed by atoms with van der Waals surface area (Å²) in [5, 5.41) is 87.7. The minimum Gasteiger partial charge on any atom is -0.394 e. The molecule has 0 aromatic heterocycles. The number of ether oxygens (including phenoxy) is 4. The lowest BCUT2D eigenvalue weighted by atomic mass is 9.97. The van der Waals surface area contributed by atoms with Gasteiger partial charge in [0.25, 0.3) is 0 Å². The van der Waals surface area contributed by atoms with Gasteiger partial charge >= 0.3 is 0 Å². The molecule has 102 heavy (non-hydrogen) atoms. The third-order valence-electron chi connectivity index (χ3n) is 19.0. The van der Waals surface area contributed by atoms with E-state index in [2.05, 4.69) is 153 Å². The van der Waals surface area contributed by atoms with Crippen molar-refractivity contribution < 1.29 is 64.6 Å². The molecule has 0 radical (unpaired) electrons. The van der Waals surface area contributed by atoms with Crippen LogP contribution in [0.2, 0.25) is 0 Å². The Balaban J connectivity index is 1.65. The maximum Gasteiger partial charge on any atom is 0.220 e. The van der Waals surface area contributed by atoms with Crippen LogP contribution in [0.5, 0.6) is 0 Å². The summed E-state index contributed by atoms with van der Waals surface area (Å²) in [6.07, 6.45) is 89.2. The number of carbonyl (C=O) groups excluding carboxylic acids is 1. The van der Waals surface area contributed by atoms with Crippen LogP contribution in [0, 0.1) is 0 Å². The molecule has 12 atom stereocenters. The fourth-order valence-corrected chi connectivity index (χ4v) is 12.6. The maximum absolute atomic E-state index is 13.4. The van der Waals surface area contributed by atoms with Gasteiger partial charge in [0.1, 0.15) is 48.8 Å². The number of nitrogens with one attached hydrogen (secondary N) is 1. The fraction of sp³-hybridized carbons (Fsp3) is 0.716. The summed E-state index contributed by atoms with van der Waals surface area (Å²) in [7, 11) is 0. The van der Waals surface area contributed by atoms with Gasteiger partial charge in [0.15, 0.2) is 12.6 Å². The standard InChI is InChI=1S/C88H149NO13/c1-3-5-7-9-11-13-15-17-19-21-23-25-27-29-31-33-34-35-36-37-38-39-40-41-42-44-46-48-50-52-54-56-58-60-62-64-66-68-70-72-80(93)89-76(75-99-87-85(98)83(96)86(79(74-91)101-87)102-88-84(97)82(95)81(94)78(73-90)100-88)77(92)71-69-67-65-63-61-59-57-55-53-51-49-47-45-43-32-30-28-26-24-22-20-18-16-14-12-10-8-6-4-2/h5,7,11,13,17,19,23,25,29,31,34-35,37-38,40-41,44,46,50,52,56,58,69,71,76-79,81-88,90-92,94-98H,3-4,6,8-10,12,14-16,18,20-22,24,26-28,30,32-33,36,39,42-43,45,47-49,51,53-55,57,59-68,70,72-75H2,1-2H3,(H,89,93)/b7-5-,13-11-,19-17-,25-23-,31-29-,35-34-,38-37-,41-40-,46-44-,52-50-,58-56-,71-69+. The van der Waals surface area contributed by atoms with Crippen molar-refractivity contribution in [2.24, 2.45) is 0 Å². The molecule has 14 nitrogen and oxygen atoms in total. The Labute approximate surface area is 621 Å². The highest BCUT2D eigenvalue weighted by molar-refractivity contribution is 5.76. The molecule has 0 saturated carbocycles. The van der Waals surface area contributed by atoms with Crippen LogP contribution in [0.4, 0.5) is 0 Å². The van der Waals surface area contributed by atoms with Gasteiger partial charge in [-0.1, -0.05) is 346 Å². The smallest absolute Gasteiger partial charge is 0.220 e. The second-order valence-corrected chi connectivity index (χ2v) is 28.2. The van der Waals surface area contributed by atoms with Gasteiger partial charge in [-0.05, 0) is 103 Å². The van der Waals surface area contributed by atoms with Gasteiger partial charge in [-0.3, -0.25) is 4.79 Å². The molecule has 1 amide bonds. The van der Waals surface area contributed by atoms with E-state index in [-0.39, 0.29) is 18.9 Å². The first kappa shape index (κ1) is 94.0. The topological polar surface area (TPSA) is 228 Å². The molecule has 0 aromatic carbocycles. The molecular weight excluding hydrogens is 1280 g/mol. The predicted octanol–water partition coefficient (Wildman–Crippen LogP) is 19.1. The number of hydrogen-bond donors (Lipinski definition) is 9. The first-order valence-electron chi connectivity index (χ1n) is 41.1. The molecule has 9 N–H and O–H groups in total. The summed E-state index contributed by atoms with van der Waals surface area (Å²) >= 11 is 0. The van der Waals surface area contributed by atoms with Crippen LogP contribution in [-0.2, 0) is 23.7 Å². The van der Waals surface area contributed by atoms with Crippen molar-refractivity contribution in [2.75, 3.05) is 19.8 Å². The van der Waals surface area contributed by atoms with Gasteiger partial charge in [0.2, 0.25) is 5.91 Å². The third-order valence-corrected chi connectivity index (χ3v) is 19.0. The van der Waals surface area contributed by atoms with Crippen molar-refractivity contribution in [3.63, 3.8) is 0 Å². The van der Waals surface area contributed by atoms with E-state index in [0.29, 0.717) is 6.42 Å². The Morgan fingerprint density at radius 3 is 1.04 bits per heavy atom. The van der Waals surface area contributed by atoms with Gasteiger partial charge in [-0.2, -0.15) is 0 Å². The number of hydrogen-bond acceptors (Lipinski definition) is 13. The monoisotopic (exact) mass is 1430 g/mol. The van der Waals surface area contributed by atoms with Gasteiger partial charge in [0.05, 0.1) is 32.0 Å². The highest BCUT2D eigenvalue weighted by atomic mass is 16.7. The average Bonchev–Trinajstić information content (AvgIpc) is 0.790. The molecule has 0 spiro atoms. The minimum absolute atomic E-state index is 0.250. The van der Waals surface area contributed by atoms with Crippen LogP contribution in [0.15, 0.2) is 146 Å². The van der Waals surface area contributed by atoms with Crippen molar-refractivity contribution in [1.82, 2.24) is 5.32 Å². The molecule has 2 heterocycles. The Morgan fingerprint density at radius 1 is 0.363 bits per heavy atom. The Kier molecular flexibility index (Phi) is 64.4. The quantitative estimate of drug-likeness (QED) is 0.0204. The molecule has 0 aliphatic carbocycles. The van der Waals surface area contributed by atoms with Crippen LogP contribution in [-0.4, -0.2) is 140 Å². The molecule has 2 saturated heterocycles. The van der Waals surface area contributed by atoms with Crippen LogP contribution in [0.1, 0.15) is 309 Å². The molecule has 2 aliphatic heterocycles. The number of rotatable bonds is 67. The van der Waals surface area contributed by atoms with E-state index in [1.165, 1.54) is 161 Å². The highest BCUT2D eigenvalue weighted by Crippen LogP contribution is 2.30. The zero-order valence-electron chi connectivity index (χ0n) is 64.1. The number of unbranched alkanes of at least 4 members (excludes halogenated alkanes) is 32. The largest absolute Gasteiger partial charge is 0.394 e. The van der Waals surface area contributed by atoms with Gasteiger partial charge < -0.3 is 65.1 Å². The fourth-order valence-electron chi connectivity index (χ4n) is 12.6. The Hall–Kier alpha value is -4.13.